The van der Waals surface area contributed by atoms with Gasteiger partial charge in [-0.15, -0.1) is 0 Å². The van der Waals surface area contributed by atoms with Crippen LogP contribution in [-0.4, -0.2) is 10.7 Å². The Bertz CT molecular complexity index is 377. The first kappa shape index (κ1) is 12.9. The number of hydrogen-bond acceptors (Lipinski definition) is 1. The smallest absolute Gasteiger partial charge is 0.231 e. The third-order valence-corrected chi connectivity index (χ3v) is 3.62. The lowest BCUT2D eigenvalue weighted by Gasteiger charge is -2.09. The third kappa shape index (κ3) is 3.43. The Hall–Kier alpha value is -0.130. The average molecular weight is 359 g/mol. The molecule has 0 saturated heterocycles. The van der Waals surface area contributed by atoms with Crippen LogP contribution in [0, 0.1) is 5.82 Å². The van der Waals surface area contributed by atoms with Gasteiger partial charge in [0, 0.05) is 9.50 Å². The fraction of sp³-hybridized carbons (Fsp3) is 0.222. The Labute approximate surface area is 108 Å². The highest BCUT2D eigenvalue weighted by Gasteiger charge is 2.16. The van der Waals surface area contributed by atoms with Gasteiger partial charge in [0.2, 0.25) is 5.91 Å². The van der Waals surface area contributed by atoms with Crippen LogP contribution < -0.4 is 5.73 Å². The number of benzene rings is 1. The van der Waals surface area contributed by atoms with Gasteiger partial charge in [0.05, 0.1) is 4.83 Å². The van der Waals surface area contributed by atoms with Crippen molar-refractivity contribution >= 4 is 49.4 Å². The van der Waals surface area contributed by atoms with Gasteiger partial charge < -0.3 is 5.73 Å². The molecule has 6 heteroatoms. The zero-order chi connectivity index (χ0) is 11.6. The summed E-state index contributed by atoms with van der Waals surface area (Å²) in [6.45, 7) is 0. The molecule has 0 bridgehead atoms. The summed E-state index contributed by atoms with van der Waals surface area (Å²) in [7, 11) is 0. The van der Waals surface area contributed by atoms with Gasteiger partial charge in [-0.1, -0.05) is 43.5 Å². The molecule has 0 fully saturated rings. The minimum atomic E-state index is -0.517. The Kier molecular flexibility index (Phi) is 4.55. The van der Waals surface area contributed by atoms with Crippen LogP contribution in [0.5, 0.6) is 0 Å². The number of halogens is 4. The number of nitrogens with two attached hydrogens (primary N) is 1. The van der Waals surface area contributed by atoms with E-state index in [1.807, 2.05) is 0 Å². The van der Waals surface area contributed by atoms with E-state index in [2.05, 4.69) is 31.9 Å². The van der Waals surface area contributed by atoms with E-state index < -0.39 is 16.6 Å². The van der Waals surface area contributed by atoms with Crippen LogP contribution in [0.2, 0.25) is 5.02 Å². The Morgan fingerprint density at radius 3 is 2.67 bits per heavy atom. The van der Waals surface area contributed by atoms with Crippen molar-refractivity contribution in [3.8, 4) is 0 Å². The molecule has 0 aliphatic carbocycles. The van der Waals surface area contributed by atoms with Gasteiger partial charge in [-0.3, -0.25) is 4.79 Å². The van der Waals surface area contributed by atoms with E-state index in [-0.39, 0.29) is 5.02 Å². The maximum absolute atomic E-state index is 12.9. The molecule has 2 nitrogen and oxygen atoms in total. The standard InChI is InChI=1S/C9H7Br2ClFNO/c10-6-1-4(13)2-8(12)5(6)3-7(11)9(14)15/h1-2,7H,3H2,(H2,14,15). The third-order valence-electron chi connectivity index (χ3n) is 1.80. The summed E-state index contributed by atoms with van der Waals surface area (Å²) in [5, 5.41) is 0.271. The quantitative estimate of drug-likeness (QED) is 0.829. The molecular formula is C9H7Br2ClFNO. The van der Waals surface area contributed by atoms with Crippen LogP contribution in [-0.2, 0) is 11.2 Å². The van der Waals surface area contributed by atoms with E-state index in [4.69, 9.17) is 17.3 Å². The number of amides is 1. The summed E-state index contributed by atoms with van der Waals surface area (Å²) in [5.41, 5.74) is 5.75. The summed E-state index contributed by atoms with van der Waals surface area (Å²) >= 11 is 12.1. The van der Waals surface area contributed by atoms with E-state index in [1.54, 1.807) is 0 Å². The van der Waals surface area contributed by atoms with Gasteiger partial charge in [0.15, 0.2) is 0 Å². The van der Waals surface area contributed by atoms with Crippen molar-refractivity contribution in [2.45, 2.75) is 11.2 Å². The second kappa shape index (κ2) is 5.27. The first-order chi connectivity index (χ1) is 6.91. The van der Waals surface area contributed by atoms with Gasteiger partial charge in [-0.2, -0.15) is 0 Å². The Morgan fingerprint density at radius 2 is 2.20 bits per heavy atom. The van der Waals surface area contributed by atoms with Crippen molar-refractivity contribution in [2.24, 2.45) is 5.73 Å². The number of hydrogen-bond donors (Lipinski definition) is 1. The summed E-state index contributed by atoms with van der Waals surface area (Å²) in [6.07, 6.45) is 0.315. The van der Waals surface area contributed by atoms with Gasteiger partial charge in [-0.25, -0.2) is 4.39 Å². The van der Waals surface area contributed by atoms with Crippen molar-refractivity contribution in [3.63, 3.8) is 0 Å². The van der Waals surface area contributed by atoms with Gasteiger partial charge >= 0.3 is 0 Å². The highest BCUT2D eigenvalue weighted by Crippen LogP contribution is 2.28. The van der Waals surface area contributed by atoms with E-state index in [0.717, 1.165) is 0 Å². The first-order valence-electron chi connectivity index (χ1n) is 3.98. The molecular weight excluding hydrogens is 352 g/mol. The monoisotopic (exact) mass is 357 g/mol. The van der Waals surface area contributed by atoms with E-state index >= 15 is 0 Å². The molecule has 0 saturated carbocycles. The van der Waals surface area contributed by atoms with Crippen LogP contribution in [0.3, 0.4) is 0 Å². The van der Waals surface area contributed by atoms with Crippen LogP contribution in [0.4, 0.5) is 4.39 Å². The summed E-state index contributed by atoms with van der Waals surface area (Å²) in [6, 6.07) is 2.49. The zero-order valence-electron chi connectivity index (χ0n) is 7.44. The molecule has 1 aromatic carbocycles. The number of primary amides is 1. The second-order valence-electron chi connectivity index (χ2n) is 2.92. The lowest BCUT2D eigenvalue weighted by molar-refractivity contribution is -0.117. The van der Waals surface area contributed by atoms with Crippen LogP contribution in [0.1, 0.15) is 5.56 Å². The van der Waals surface area contributed by atoms with Crippen molar-refractivity contribution < 1.29 is 9.18 Å². The lowest BCUT2D eigenvalue weighted by Crippen LogP contribution is -2.25. The van der Waals surface area contributed by atoms with Crippen molar-refractivity contribution in [3.05, 3.63) is 33.0 Å². The second-order valence-corrected chi connectivity index (χ2v) is 5.29. The normalized spacial score (nSPS) is 12.5. The minimum Gasteiger partial charge on any atom is -0.369 e. The highest BCUT2D eigenvalue weighted by molar-refractivity contribution is 9.10. The van der Waals surface area contributed by atoms with E-state index in [0.29, 0.717) is 16.5 Å². The molecule has 15 heavy (non-hydrogen) atoms. The van der Waals surface area contributed by atoms with Crippen molar-refractivity contribution in [1.82, 2.24) is 0 Å². The summed E-state index contributed by atoms with van der Waals surface area (Å²) in [5.74, 6) is -0.914. The lowest BCUT2D eigenvalue weighted by atomic mass is 10.1. The molecule has 2 N–H and O–H groups in total. The molecule has 82 valence electrons. The summed E-state index contributed by atoms with van der Waals surface area (Å²) in [4.78, 5) is 10.3. The molecule has 1 rings (SSSR count). The maximum atomic E-state index is 12.9. The Morgan fingerprint density at radius 1 is 1.60 bits per heavy atom. The molecule has 1 atom stereocenters. The fourth-order valence-electron chi connectivity index (χ4n) is 1.05. The SMILES string of the molecule is NC(=O)C(Br)Cc1c(Cl)cc(F)cc1Br. The topological polar surface area (TPSA) is 43.1 Å². The van der Waals surface area contributed by atoms with Gasteiger partial charge in [0.1, 0.15) is 5.82 Å². The molecule has 0 aromatic heterocycles. The first-order valence-corrected chi connectivity index (χ1v) is 6.07. The molecule has 1 unspecified atom stereocenters. The fourth-order valence-corrected chi connectivity index (χ4v) is 2.36. The molecule has 1 aromatic rings. The van der Waals surface area contributed by atoms with Crippen molar-refractivity contribution in [2.75, 3.05) is 0 Å². The van der Waals surface area contributed by atoms with Crippen LogP contribution in [0.15, 0.2) is 16.6 Å². The van der Waals surface area contributed by atoms with Gasteiger partial charge in [0.25, 0.3) is 0 Å². The molecule has 0 heterocycles. The molecule has 0 aliphatic heterocycles. The molecule has 1 amide bonds. The highest BCUT2D eigenvalue weighted by atomic mass is 79.9. The van der Waals surface area contributed by atoms with Crippen LogP contribution in [0.25, 0.3) is 0 Å². The maximum Gasteiger partial charge on any atom is 0.231 e. The summed E-state index contributed by atoms with van der Waals surface area (Å²) < 4.78 is 13.4. The van der Waals surface area contributed by atoms with Gasteiger partial charge in [-0.05, 0) is 24.1 Å². The number of carbonyl (C=O) groups excluding carboxylic acids is 1. The Balaban J connectivity index is 3.00. The van der Waals surface area contributed by atoms with E-state index in [9.17, 15) is 9.18 Å². The van der Waals surface area contributed by atoms with E-state index in [1.165, 1.54) is 12.1 Å². The number of carbonyl (C=O) groups is 1. The molecule has 0 spiro atoms. The zero-order valence-corrected chi connectivity index (χ0v) is 11.4. The van der Waals surface area contributed by atoms with Crippen molar-refractivity contribution in [1.29, 1.82) is 0 Å². The predicted molar refractivity (Wildman–Crippen MR) is 64.7 cm³/mol. The predicted octanol–water partition coefficient (Wildman–Crippen LogP) is 3.03. The average Bonchev–Trinajstić information content (AvgIpc) is 2.10. The molecule has 0 radical (unpaired) electrons. The largest absolute Gasteiger partial charge is 0.369 e. The number of rotatable bonds is 3. The van der Waals surface area contributed by atoms with Crippen LogP contribution >= 0.6 is 43.5 Å². The number of alkyl halides is 1. The molecule has 0 aliphatic rings. The minimum absolute atomic E-state index is 0.271.